The van der Waals surface area contributed by atoms with Crippen molar-refractivity contribution in [1.29, 1.82) is 0 Å². The zero-order chi connectivity index (χ0) is 13.9. The number of rotatable bonds is 3. The average molecular weight is 269 g/mol. The molecule has 0 amide bonds. The van der Waals surface area contributed by atoms with Gasteiger partial charge in [0.1, 0.15) is 5.54 Å². The van der Waals surface area contributed by atoms with Crippen LogP contribution < -0.4 is 5.32 Å². The molecule has 2 saturated heterocycles. The smallest absolute Gasteiger partial charge is 0.327 e. The molecule has 0 aromatic rings. The summed E-state index contributed by atoms with van der Waals surface area (Å²) in [6.45, 7) is 9.23. The minimum absolute atomic E-state index is 0.0342. The number of ether oxygens (including phenoxy) is 1. The number of hydrogen-bond acceptors (Lipinski definition) is 5. The Labute approximate surface area is 116 Å². The molecule has 2 aliphatic rings. The normalized spacial score (nSPS) is 34.2. The van der Waals surface area contributed by atoms with E-state index in [1.165, 1.54) is 0 Å². The van der Waals surface area contributed by atoms with Crippen LogP contribution in [0.15, 0.2) is 0 Å². The molecule has 19 heavy (non-hydrogen) atoms. The van der Waals surface area contributed by atoms with Gasteiger partial charge < -0.3 is 15.0 Å². The third kappa shape index (κ3) is 2.93. The van der Waals surface area contributed by atoms with Gasteiger partial charge in [-0.05, 0) is 40.3 Å². The van der Waals surface area contributed by atoms with E-state index in [0.29, 0.717) is 12.6 Å². The van der Waals surface area contributed by atoms with Crippen LogP contribution >= 0.6 is 0 Å². The Morgan fingerprint density at radius 1 is 1.42 bits per heavy atom. The Morgan fingerprint density at radius 2 is 2.21 bits per heavy atom. The minimum atomic E-state index is -0.434. The lowest BCUT2D eigenvalue weighted by Crippen LogP contribution is -2.58. The van der Waals surface area contributed by atoms with Crippen LogP contribution in [-0.2, 0) is 9.53 Å². The summed E-state index contributed by atoms with van der Waals surface area (Å²) in [5.74, 6) is -0.0342. The van der Waals surface area contributed by atoms with Crippen molar-refractivity contribution in [2.24, 2.45) is 0 Å². The Bertz CT molecular complexity index is 304. The van der Waals surface area contributed by atoms with E-state index in [1.54, 1.807) is 0 Å². The standard InChI is InChI=1S/C14H27N3O2/c1-4-19-13(18)14(10-12(2)16(3)11-14)17-8-5-6-15-7-9-17/h12,15H,4-11H2,1-3H3. The Kier molecular flexibility index (Phi) is 4.81. The third-order valence-corrected chi connectivity index (χ3v) is 4.50. The van der Waals surface area contributed by atoms with Crippen molar-refractivity contribution in [2.45, 2.75) is 38.3 Å². The summed E-state index contributed by atoms with van der Waals surface area (Å²) < 4.78 is 5.39. The van der Waals surface area contributed by atoms with Crippen molar-refractivity contribution in [1.82, 2.24) is 15.1 Å². The fraction of sp³-hybridized carbons (Fsp3) is 0.929. The molecule has 0 saturated carbocycles. The number of likely N-dealkylation sites (N-methyl/N-ethyl adjacent to an activating group) is 1. The molecule has 2 heterocycles. The first-order valence-corrected chi connectivity index (χ1v) is 7.43. The van der Waals surface area contributed by atoms with Gasteiger partial charge in [0.25, 0.3) is 0 Å². The molecule has 0 aromatic carbocycles. The maximum absolute atomic E-state index is 12.6. The monoisotopic (exact) mass is 269 g/mol. The van der Waals surface area contributed by atoms with E-state index in [-0.39, 0.29) is 5.97 Å². The summed E-state index contributed by atoms with van der Waals surface area (Å²) in [5, 5.41) is 3.40. The van der Waals surface area contributed by atoms with Gasteiger partial charge >= 0.3 is 5.97 Å². The number of nitrogens with one attached hydrogen (secondary N) is 1. The summed E-state index contributed by atoms with van der Waals surface area (Å²) in [4.78, 5) is 17.2. The van der Waals surface area contributed by atoms with E-state index in [1.807, 2.05) is 6.92 Å². The van der Waals surface area contributed by atoms with E-state index in [0.717, 1.165) is 45.6 Å². The summed E-state index contributed by atoms with van der Waals surface area (Å²) in [6.07, 6.45) is 1.97. The summed E-state index contributed by atoms with van der Waals surface area (Å²) in [5.41, 5.74) is -0.434. The van der Waals surface area contributed by atoms with Gasteiger partial charge in [-0.25, -0.2) is 4.79 Å². The van der Waals surface area contributed by atoms with Gasteiger partial charge in [-0.2, -0.15) is 0 Å². The molecular formula is C14H27N3O2. The molecule has 0 aromatic heterocycles. The van der Waals surface area contributed by atoms with Crippen molar-refractivity contribution in [3.05, 3.63) is 0 Å². The number of carbonyl (C=O) groups is 1. The SMILES string of the molecule is CCOC(=O)C1(N2CCCNCC2)CC(C)N(C)C1. The molecule has 5 heteroatoms. The van der Waals surface area contributed by atoms with E-state index >= 15 is 0 Å². The molecular weight excluding hydrogens is 242 g/mol. The van der Waals surface area contributed by atoms with Crippen LogP contribution in [-0.4, -0.2) is 73.7 Å². The summed E-state index contributed by atoms with van der Waals surface area (Å²) in [7, 11) is 2.10. The van der Waals surface area contributed by atoms with Crippen molar-refractivity contribution >= 4 is 5.97 Å². The van der Waals surface area contributed by atoms with Gasteiger partial charge in [0.05, 0.1) is 6.61 Å². The quantitative estimate of drug-likeness (QED) is 0.747. The number of carbonyl (C=O) groups excluding carboxylic acids is 1. The Morgan fingerprint density at radius 3 is 2.84 bits per heavy atom. The van der Waals surface area contributed by atoms with Crippen molar-refractivity contribution < 1.29 is 9.53 Å². The first-order chi connectivity index (χ1) is 9.10. The molecule has 0 radical (unpaired) electrons. The van der Waals surface area contributed by atoms with Crippen LogP contribution in [0, 0.1) is 0 Å². The molecule has 2 aliphatic heterocycles. The lowest BCUT2D eigenvalue weighted by Gasteiger charge is -2.38. The highest BCUT2D eigenvalue weighted by Crippen LogP contribution is 2.33. The molecule has 0 aliphatic carbocycles. The highest BCUT2D eigenvalue weighted by molar-refractivity contribution is 5.82. The average Bonchev–Trinajstić information content (AvgIpc) is 2.60. The fourth-order valence-corrected chi connectivity index (χ4v) is 3.32. The molecule has 2 fully saturated rings. The largest absolute Gasteiger partial charge is 0.465 e. The second-order valence-electron chi connectivity index (χ2n) is 5.81. The molecule has 1 N–H and O–H groups in total. The molecule has 5 nitrogen and oxygen atoms in total. The van der Waals surface area contributed by atoms with Crippen molar-refractivity contribution in [3.63, 3.8) is 0 Å². The fourth-order valence-electron chi connectivity index (χ4n) is 3.32. The Hall–Kier alpha value is -0.650. The topological polar surface area (TPSA) is 44.8 Å². The highest BCUT2D eigenvalue weighted by Gasteiger charge is 2.51. The van der Waals surface area contributed by atoms with Crippen LogP contribution in [0.5, 0.6) is 0 Å². The maximum atomic E-state index is 12.6. The second-order valence-corrected chi connectivity index (χ2v) is 5.81. The first-order valence-electron chi connectivity index (χ1n) is 7.43. The van der Waals surface area contributed by atoms with Gasteiger partial charge in [-0.15, -0.1) is 0 Å². The van der Waals surface area contributed by atoms with Gasteiger partial charge in [0.15, 0.2) is 0 Å². The van der Waals surface area contributed by atoms with Crippen LogP contribution in [0.1, 0.15) is 26.7 Å². The second kappa shape index (κ2) is 6.20. The summed E-state index contributed by atoms with van der Waals surface area (Å²) >= 11 is 0. The molecule has 0 spiro atoms. The van der Waals surface area contributed by atoms with E-state index < -0.39 is 5.54 Å². The summed E-state index contributed by atoms with van der Waals surface area (Å²) in [6, 6.07) is 0.431. The van der Waals surface area contributed by atoms with Gasteiger partial charge in [-0.1, -0.05) is 0 Å². The van der Waals surface area contributed by atoms with E-state index in [4.69, 9.17) is 4.74 Å². The number of nitrogens with zero attached hydrogens (tertiary/aromatic N) is 2. The predicted molar refractivity (Wildman–Crippen MR) is 75.1 cm³/mol. The van der Waals surface area contributed by atoms with E-state index in [2.05, 4.69) is 29.1 Å². The first kappa shape index (κ1) is 14.8. The molecule has 110 valence electrons. The van der Waals surface area contributed by atoms with Crippen molar-refractivity contribution in [2.75, 3.05) is 46.4 Å². The number of hydrogen-bond donors (Lipinski definition) is 1. The predicted octanol–water partition coefficient (Wildman–Crippen LogP) is 0.308. The lowest BCUT2D eigenvalue weighted by atomic mass is 9.93. The number of esters is 1. The van der Waals surface area contributed by atoms with E-state index in [9.17, 15) is 4.79 Å². The van der Waals surface area contributed by atoms with Crippen LogP contribution in [0.25, 0.3) is 0 Å². The number of likely N-dealkylation sites (tertiary alicyclic amines) is 1. The molecule has 2 atom stereocenters. The van der Waals surface area contributed by atoms with Gasteiger partial charge in [-0.3, -0.25) is 4.90 Å². The molecule has 0 bridgehead atoms. The molecule has 2 unspecified atom stereocenters. The van der Waals surface area contributed by atoms with Crippen LogP contribution in [0.2, 0.25) is 0 Å². The van der Waals surface area contributed by atoms with Gasteiger partial charge in [0.2, 0.25) is 0 Å². The maximum Gasteiger partial charge on any atom is 0.327 e. The third-order valence-electron chi connectivity index (χ3n) is 4.50. The highest BCUT2D eigenvalue weighted by atomic mass is 16.5. The molecule has 2 rings (SSSR count). The zero-order valence-electron chi connectivity index (χ0n) is 12.4. The van der Waals surface area contributed by atoms with Gasteiger partial charge in [0, 0.05) is 32.2 Å². The van der Waals surface area contributed by atoms with Crippen molar-refractivity contribution in [3.8, 4) is 0 Å². The zero-order valence-corrected chi connectivity index (χ0v) is 12.4. The van der Waals surface area contributed by atoms with Crippen LogP contribution in [0.4, 0.5) is 0 Å². The van der Waals surface area contributed by atoms with Crippen LogP contribution in [0.3, 0.4) is 0 Å². The Balaban J connectivity index is 2.20. The minimum Gasteiger partial charge on any atom is -0.465 e. The lowest BCUT2D eigenvalue weighted by molar-refractivity contribution is -0.157.